The predicted molar refractivity (Wildman–Crippen MR) is 251 cm³/mol. The average Bonchev–Trinajstić information content (AvgIpc) is 3.23. The van der Waals surface area contributed by atoms with E-state index in [4.69, 9.17) is 9.47 Å². The maximum atomic E-state index is 12.2. The van der Waals surface area contributed by atoms with Gasteiger partial charge < -0.3 is 14.6 Å². The fraction of sp³-hybridized carbons (Fsp3) is 0.811. The van der Waals surface area contributed by atoms with Gasteiger partial charge in [0.05, 0.1) is 6.61 Å². The predicted octanol–water partition coefficient (Wildman–Crippen LogP) is 16.5. The van der Waals surface area contributed by atoms with Gasteiger partial charge >= 0.3 is 11.9 Å². The Kier molecular flexibility index (Phi) is 47.4. The van der Waals surface area contributed by atoms with Crippen LogP contribution in [0.1, 0.15) is 258 Å². The van der Waals surface area contributed by atoms with Crippen molar-refractivity contribution in [3.63, 3.8) is 0 Å². The second-order valence-corrected chi connectivity index (χ2v) is 16.9. The number of rotatable bonds is 46. The lowest BCUT2D eigenvalue weighted by molar-refractivity contribution is -0.161. The molecule has 1 unspecified atom stereocenters. The van der Waals surface area contributed by atoms with Crippen LogP contribution in [-0.4, -0.2) is 36.4 Å². The fourth-order valence-electron chi connectivity index (χ4n) is 7.37. The smallest absolute Gasteiger partial charge is 0.306 e. The zero-order chi connectivity index (χ0) is 42.1. The maximum absolute atomic E-state index is 12.2. The molecule has 0 radical (unpaired) electrons. The SMILES string of the molecule is CC/C=C\C/C=C\C/C=C\C/C=C\CCCCCCCCCCCCCCCCCCCCCCC(=O)OC(CO)COC(=O)CCCCCCCCCCCCC. The highest BCUT2D eigenvalue weighted by molar-refractivity contribution is 5.70. The summed E-state index contributed by atoms with van der Waals surface area (Å²) in [7, 11) is 0. The molecule has 58 heavy (non-hydrogen) atoms. The summed E-state index contributed by atoms with van der Waals surface area (Å²) in [4.78, 5) is 24.3. The molecule has 0 fully saturated rings. The van der Waals surface area contributed by atoms with Gasteiger partial charge in [0.2, 0.25) is 0 Å². The van der Waals surface area contributed by atoms with E-state index < -0.39 is 6.10 Å². The van der Waals surface area contributed by atoms with Gasteiger partial charge in [-0.25, -0.2) is 0 Å². The monoisotopic (exact) mass is 813 g/mol. The van der Waals surface area contributed by atoms with Crippen molar-refractivity contribution in [3.05, 3.63) is 48.6 Å². The van der Waals surface area contributed by atoms with E-state index in [1.807, 2.05) is 0 Å². The van der Waals surface area contributed by atoms with Gasteiger partial charge in [0.15, 0.2) is 6.10 Å². The number of carbonyl (C=O) groups is 2. The molecule has 338 valence electrons. The van der Waals surface area contributed by atoms with Crippen molar-refractivity contribution in [2.24, 2.45) is 0 Å². The number of aliphatic hydroxyl groups is 1. The summed E-state index contributed by atoms with van der Waals surface area (Å²) in [6, 6.07) is 0. The Labute approximate surface area is 360 Å². The summed E-state index contributed by atoms with van der Waals surface area (Å²) in [5.74, 6) is -0.580. The van der Waals surface area contributed by atoms with Crippen molar-refractivity contribution in [1.29, 1.82) is 0 Å². The Morgan fingerprint density at radius 2 is 0.741 bits per heavy atom. The first-order valence-corrected chi connectivity index (χ1v) is 25.2. The van der Waals surface area contributed by atoms with Crippen LogP contribution in [0.5, 0.6) is 0 Å². The first-order valence-electron chi connectivity index (χ1n) is 25.2. The van der Waals surface area contributed by atoms with Crippen LogP contribution in [0.4, 0.5) is 0 Å². The number of hydrogen-bond donors (Lipinski definition) is 1. The highest BCUT2D eigenvalue weighted by atomic mass is 16.6. The molecule has 0 aromatic rings. The molecule has 0 amide bonds. The van der Waals surface area contributed by atoms with Gasteiger partial charge in [-0.15, -0.1) is 0 Å². The molecule has 0 bridgehead atoms. The van der Waals surface area contributed by atoms with Crippen LogP contribution in [0.15, 0.2) is 48.6 Å². The Balaban J connectivity index is 3.41. The van der Waals surface area contributed by atoms with Crippen LogP contribution in [0.25, 0.3) is 0 Å². The van der Waals surface area contributed by atoms with Gasteiger partial charge in [-0.05, 0) is 51.4 Å². The molecule has 0 aliphatic rings. The van der Waals surface area contributed by atoms with E-state index in [1.54, 1.807) is 0 Å². The van der Waals surface area contributed by atoms with E-state index in [2.05, 4.69) is 62.5 Å². The van der Waals surface area contributed by atoms with E-state index >= 15 is 0 Å². The summed E-state index contributed by atoms with van der Waals surface area (Å²) in [5.41, 5.74) is 0. The Hall–Kier alpha value is -2.14. The molecule has 1 N–H and O–H groups in total. The number of ether oxygens (including phenoxy) is 2. The summed E-state index contributed by atoms with van der Waals surface area (Å²) in [6.07, 6.45) is 63.7. The van der Waals surface area contributed by atoms with Gasteiger partial charge in [0.1, 0.15) is 6.61 Å². The van der Waals surface area contributed by atoms with E-state index in [9.17, 15) is 14.7 Å². The summed E-state index contributed by atoms with van der Waals surface area (Å²) in [5, 5.41) is 9.59. The summed E-state index contributed by atoms with van der Waals surface area (Å²) in [6.45, 7) is 4.04. The third-order valence-electron chi connectivity index (χ3n) is 11.1. The fourth-order valence-corrected chi connectivity index (χ4v) is 7.37. The number of hydrogen-bond acceptors (Lipinski definition) is 5. The van der Waals surface area contributed by atoms with Crippen LogP contribution in [0.3, 0.4) is 0 Å². The molecule has 0 spiro atoms. The Morgan fingerprint density at radius 1 is 0.414 bits per heavy atom. The highest BCUT2D eigenvalue weighted by Crippen LogP contribution is 2.16. The molecular formula is C53H96O5. The van der Waals surface area contributed by atoms with Gasteiger partial charge in [-0.1, -0.05) is 242 Å². The van der Waals surface area contributed by atoms with E-state index in [-0.39, 0.29) is 25.2 Å². The van der Waals surface area contributed by atoms with E-state index in [0.717, 1.165) is 64.2 Å². The van der Waals surface area contributed by atoms with E-state index in [1.165, 1.54) is 167 Å². The number of esters is 2. The molecule has 0 aliphatic heterocycles. The van der Waals surface area contributed by atoms with Crippen molar-refractivity contribution < 1.29 is 24.2 Å². The molecule has 5 heteroatoms. The minimum atomic E-state index is -0.766. The Morgan fingerprint density at radius 3 is 1.12 bits per heavy atom. The topological polar surface area (TPSA) is 72.8 Å². The van der Waals surface area contributed by atoms with Crippen LogP contribution < -0.4 is 0 Å². The molecule has 0 rings (SSSR count). The summed E-state index contributed by atoms with van der Waals surface area (Å²) >= 11 is 0. The lowest BCUT2D eigenvalue weighted by Crippen LogP contribution is -2.28. The first-order chi connectivity index (χ1) is 28.6. The number of unbranched alkanes of at least 4 members (excludes halogenated alkanes) is 30. The van der Waals surface area contributed by atoms with Gasteiger partial charge in [0, 0.05) is 12.8 Å². The van der Waals surface area contributed by atoms with Crippen molar-refractivity contribution in [3.8, 4) is 0 Å². The molecular weight excluding hydrogens is 717 g/mol. The third-order valence-corrected chi connectivity index (χ3v) is 11.1. The molecule has 5 nitrogen and oxygen atoms in total. The quantitative estimate of drug-likeness (QED) is 0.0376. The largest absolute Gasteiger partial charge is 0.462 e. The number of allylic oxidation sites excluding steroid dienone is 8. The van der Waals surface area contributed by atoms with Crippen molar-refractivity contribution in [2.45, 2.75) is 264 Å². The molecule has 0 aliphatic carbocycles. The standard InChI is InChI=1S/C53H96O5/c1-3-5-7-9-11-13-15-16-17-18-19-20-21-22-23-24-25-26-27-28-29-30-31-32-33-34-35-36-38-40-42-44-46-48-53(56)58-51(49-54)50-57-52(55)47-45-43-41-39-37-14-12-10-8-6-4-2/h5,7,11,13,16-17,19-20,51,54H,3-4,6,8-10,12,14-15,18,21-50H2,1-2H3/b7-5-,13-11-,17-16-,20-19-. The second kappa shape index (κ2) is 49.2. The lowest BCUT2D eigenvalue weighted by atomic mass is 10.0. The Bertz CT molecular complexity index is 966. The lowest BCUT2D eigenvalue weighted by Gasteiger charge is -2.15. The second-order valence-electron chi connectivity index (χ2n) is 16.9. The van der Waals surface area contributed by atoms with Gasteiger partial charge in [-0.2, -0.15) is 0 Å². The normalized spacial score (nSPS) is 12.5. The zero-order valence-corrected chi connectivity index (χ0v) is 38.6. The zero-order valence-electron chi connectivity index (χ0n) is 38.6. The van der Waals surface area contributed by atoms with Crippen LogP contribution in [-0.2, 0) is 19.1 Å². The molecule has 0 saturated carbocycles. The van der Waals surface area contributed by atoms with E-state index in [0.29, 0.717) is 12.8 Å². The maximum Gasteiger partial charge on any atom is 0.306 e. The third kappa shape index (κ3) is 46.5. The molecule has 0 aromatic carbocycles. The van der Waals surface area contributed by atoms with Crippen LogP contribution in [0.2, 0.25) is 0 Å². The number of carbonyl (C=O) groups excluding carboxylic acids is 2. The number of aliphatic hydroxyl groups excluding tert-OH is 1. The van der Waals surface area contributed by atoms with Crippen molar-refractivity contribution in [2.75, 3.05) is 13.2 Å². The van der Waals surface area contributed by atoms with Crippen molar-refractivity contribution in [1.82, 2.24) is 0 Å². The van der Waals surface area contributed by atoms with Crippen LogP contribution in [0, 0.1) is 0 Å². The molecule has 0 heterocycles. The summed E-state index contributed by atoms with van der Waals surface area (Å²) < 4.78 is 10.6. The minimum Gasteiger partial charge on any atom is -0.462 e. The average molecular weight is 813 g/mol. The highest BCUT2D eigenvalue weighted by Gasteiger charge is 2.16. The molecule has 0 saturated heterocycles. The molecule has 0 aromatic heterocycles. The van der Waals surface area contributed by atoms with Gasteiger partial charge in [0.25, 0.3) is 0 Å². The first kappa shape index (κ1) is 55.9. The van der Waals surface area contributed by atoms with Crippen LogP contribution >= 0.6 is 0 Å². The molecule has 1 atom stereocenters. The van der Waals surface area contributed by atoms with Gasteiger partial charge in [-0.3, -0.25) is 9.59 Å². The minimum absolute atomic E-state index is 0.0608. The van der Waals surface area contributed by atoms with Crippen molar-refractivity contribution >= 4 is 11.9 Å².